The van der Waals surface area contributed by atoms with Gasteiger partial charge in [0, 0.05) is 23.5 Å². The van der Waals surface area contributed by atoms with E-state index in [9.17, 15) is 9.59 Å². The summed E-state index contributed by atoms with van der Waals surface area (Å²) < 4.78 is 5.78. The lowest BCUT2D eigenvalue weighted by molar-refractivity contribution is -0.140. The molecule has 0 N–H and O–H groups in total. The maximum atomic E-state index is 13.0. The second-order valence-corrected chi connectivity index (χ2v) is 8.77. The number of likely N-dealkylation sites (tertiary alicyclic amines) is 1. The molecule has 1 aromatic heterocycles. The van der Waals surface area contributed by atoms with Crippen LogP contribution in [0.1, 0.15) is 58.0 Å². The number of thiophene rings is 1. The minimum Gasteiger partial charge on any atom is -0.443 e. The van der Waals surface area contributed by atoms with E-state index in [0.717, 1.165) is 44.3 Å². The molecule has 1 fully saturated rings. The van der Waals surface area contributed by atoms with Crippen LogP contribution in [-0.4, -0.2) is 29.9 Å². The zero-order chi connectivity index (χ0) is 18.8. The SMILES string of the molecule is C[C@@H]1CCc2sc(C(=O)O[C@H](C(=O)N3CCCC3)c3ccccc3)cc2C1. The summed E-state index contributed by atoms with van der Waals surface area (Å²) in [6.07, 6.45) is 4.38. The molecule has 4 nitrogen and oxygen atoms in total. The molecule has 27 heavy (non-hydrogen) atoms. The molecule has 1 saturated heterocycles. The summed E-state index contributed by atoms with van der Waals surface area (Å²) >= 11 is 1.53. The maximum absolute atomic E-state index is 13.0. The number of carbonyl (C=O) groups excluding carboxylic acids is 2. The molecule has 1 amide bonds. The molecule has 1 aromatic carbocycles. The van der Waals surface area contributed by atoms with Crippen LogP contribution in [0.2, 0.25) is 0 Å². The van der Waals surface area contributed by atoms with E-state index >= 15 is 0 Å². The predicted molar refractivity (Wildman–Crippen MR) is 106 cm³/mol. The Labute approximate surface area is 164 Å². The van der Waals surface area contributed by atoms with Gasteiger partial charge in [0.05, 0.1) is 0 Å². The lowest BCUT2D eigenvalue weighted by Crippen LogP contribution is -2.34. The molecule has 2 aliphatic rings. The smallest absolute Gasteiger partial charge is 0.349 e. The first-order valence-electron chi connectivity index (χ1n) is 9.78. The van der Waals surface area contributed by atoms with Gasteiger partial charge in [0.2, 0.25) is 6.10 Å². The van der Waals surface area contributed by atoms with Gasteiger partial charge in [0.1, 0.15) is 4.88 Å². The normalized spacial score (nSPS) is 20.2. The number of benzene rings is 1. The zero-order valence-corrected chi connectivity index (χ0v) is 16.5. The number of nitrogens with zero attached hydrogens (tertiary/aromatic N) is 1. The fourth-order valence-corrected chi connectivity index (χ4v) is 5.06. The summed E-state index contributed by atoms with van der Waals surface area (Å²) in [5.74, 6) is 0.162. The number of aryl methyl sites for hydroxylation is 1. The van der Waals surface area contributed by atoms with E-state index in [-0.39, 0.29) is 11.9 Å². The summed E-state index contributed by atoms with van der Waals surface area (Å²) in [4.78, 5) is 29.6. The molecule has 2 heterocycles. The third-order valence-electron chi connectivity index (χ3n) is 5.50. The number of fused-ring (bicyclic) bond motifs is 1. The molecule has 2 aromatic rings. The van der Waals surface area contributed by atoms with Crippen molar-refractivity contribution in [3.8, 4) is 0 Å². The van der Waals surface area contributed by atoms with Crippen molar-refractivity contribution in [2.24, 2.45) is 5.92 Å². The molecule has 0 spiro atoms. The van der Waals surface area contributed by atoms with E-state index in [1.165, 1.54) is 28.2 Å². The average molecular weight is 384 g/mol. The Balaban J connectivity index is 1.56. The van der Waals surface area contributed by atoms with Crippen LogP contribution in [0, 0.1) is 5.92 Å². The topological polar surface area (TPSA) is 46.6 Å². The van der Waals surface area contributed by atoms with Gasteiger partial charge in [-0.15, -0.1) is 11.3 Å². The molecule has 5 heteroatoms. The van der Waals surface area contributed by atoms with Crippen molar-refractivity contribution in [1.29, 1.82) is 0 Å². The van der Waals surface area contributed by atoms with Crippen molar-refractivity contribution in [1.82, 2.24) is 4.90 Å². The van der Waals surface area contributed by atoms with E-state index < -0.39 is 6.10 Å². The maximum Gasteiger partial charge on any atom is 0.349 e. The quantitative estimate of drug-likeness (QED) is 0.736. The molecule has 142 valence electrons. The van der Waals surface area contributed by atoms with Crippen molar-refractivity contribution >= 4 is 23.2 Å². The monoisotopic (exact) mass is 383 g/mol. The van der Waals surface area contributed by atoms with Gasteiger partial charge >= 0.3 is 5.97 Å². The summed E-state index contributed by atoms with van der Waals surface area (Å²) in [6, 6.07) is 11.3. The van der Waals surface area contributed by atoms with Crippen LogP contribution >= 0.6 is 11.3 Å². The van der Waals surface area contributed by atoms with Gasteiger partial charge < -0.3 is 9.64 Å². The van der Waals surface area contributed by atoms with Crippen molar-refractivity contribution in [2.45, 2.75) is 45.1 Å². The Morgan fingerprint density at radius 2 is 1.93 bits per heavy atom. The first-order chi connectivity index (χ1) is 13.1. The number of carbonyl (C=O) groups is 2. The van der Waals surface area contributed by atoms with E-state index in [1.54, 1.807) is 0 Å². The Morgan fingerprint density at radius 1 is 1.19 bits per heavy atom. The first kappa shape index (κ1) is 18.2. The summed E-state index contributed by atoms with van der Waals surface area (Å²) in [5.41, 5.74) is 2.01. The van der Waals surface area contributed by atoms with Crippen LogP contribution in [0.25, 0.3) is 0 Å². The predicted octanol–water partition coefficient (Wildman–Crippen LogP) is 4.39. The highest BCUT2D eigenvalue weighted by atomic mass is 32.1. The fraction of sp³-hybridized carbons (Fsp3) is 0.455. The summed E-state index contributed by atoms with van der Waals surface area (Å²) in [5, 5.41) is 0. The standard InChI is InChI=1S/C22H25NO3S/c1-15-9-10-18-17(13-15)14-19(27-18)22(25)26-20(16-7-3-2-4-8-16)21(24)23-11-5-6-12-23/h2-4,7-8,14-15,20H,5-6,9-13H2,1H3/t15-,20+/m1/s1. The van der Waals surface area contributed by atoms with Gasteiger partial charge in [0.15, 0.2) is 0 Å². The van der Waals surface area contributed by atoms with E-state index in [2.05, 4.69) is 6.92 Å². The third-order valence-corrected chi connectivity index (χ3v) is 6.72. The van der Waals surface area contributed by atoms with Crippen molar-refractivity contribution in [3.63, 3.8) is 0 Å². The molecular formula is C22H25NO3S. The second kappa shape index (κ2) is 7.85. The number of esters is 1. The number of hydrogen-bond donors (Lipinski definition) is 0. The average Bonchev–Trinajstić information content (AvgIpc) is 3.35. The zero-order valence-electron chi connectivity index (χ0n) is 15.6. The number of amides is 1. The van der Waals surface area contributed by atoms with E-state index in [0.29, 0.717) is 10.8 Å². The van der Waals surface area contributed by atoms with Gasteiger partial charge in [0.25, 0.3) is 5.91 Å². The summed E-state index contributed by atoms with van der Waals surface area (Å²) in [6.45, 7) is 3.73. The Morgan fingerprint density at radius 3 is 2.67 bits per heavy atom. The second-order valence-electron chi connectivity index (χ2n) is 7.64. The Hall–Kier alpha value is -2.14. The van der Waals surface area contributed by atoms with Gasteiger partial charge in [-0.1, -0.05) is 37.3 Å². The van der Waals surface area contributed by atoms with E-state index in [4.69, 9.17) is 4.74 Å². The molecule has 2 atom stereocenters. The molecule has 0 bridgehead atoms. The molecule has 4 rings (SSSR count). The minimum absolute atomic E-state index is 0.109. The van der Waals surface area contributed by atoms with Gasteiger partial charge in [-0.05, 0) is 49.7 Å². The van der Waals surface area contributed by atoms with Crippen molar-refractivity contribution < 1.29 is 14.3 Å². The Bertz CT molecular complexity index is 823. The largest absolute Gasteiger partial charge is 0.443 e. The molecule has 1 aliphatic heterocycles. The Kier molecular flexibility index (Phi) is 5.30. The van der Waals surface area contributed by atoms with Crippen LogP contribution in [0.4, 0.5) is 0 Å². The first-order valence-corrected chi connectivity index (χ1v) is 10.6. The van der Waals surface area contributed by atoms with Gasteiger partial charge in [-0.3, -0.25) is 4.79 Å². The third kappa shape index (κ3) is 3.93. The molecule has 1 aliphatic carbocycles. The highest BCUT2D eigenvalue weighted by Gasteiger charge is 2.32. The number of ether oxygens (including phenoxy) is 1. The van der Waals surface area contributed by atoms with Crippen molar-refractivity contribution in [2.75, 3.05) is 13.1 Å². The van der Waals surface area contributed by atoms with Crippen LogP contribution in [0.5, 0.6) is 0 Å². The fourth-order valence-electron chi connectivity index (χ4n) is 3.96. The van der Waals surface area contributed by atoms with Gasteiger partial charge in [-0.25, -0.2) is 4.79 Å². The number of hydrogen-bond acceptors (Lipinski definition) is 4. The highest BCUT2D eigenvalue weighted by Crippen LogP contribution is 2.33. The molecule has 0 saturated carbocycles. The minimum atomic E-state index is -0.866. The lowest BCUT2D eigenvalue weighted by atomic mass is 9.90. The number of rotatable bonds is 4. The highest BCUT2D eigenvalue weighted by molar-refractivity contribution is 7.14. The van der Waals surface area contributed by atoms with Crippen LogP contribution in [0.15, 0.2) is 36.4 Å². The molecule has 0 unspecified atom stereocenters. The van der Waals surface area contributed by atoms with Gasteiger partial charge in [-0.2, -0.15) is 0 Å². The van der Waals surface area contributed by atoms with Crippen LogP contribution < -0.4 is 0 Å². The summed E-state index contributed by atoms with van der Waals surface area (Å²) in [7, 11) is 0. The van der Waals surface area contributed by atoms with E-state index in [1.807, 2.05) is 41.3 Å². The molecular weight excluding hydrogens is 358 g/mol. The van der Waals surface area contributed by atoms with Crippen LogP contribution in [0.3, 0.4) is 0 Å². The molecule has 0 radical (unpaired) electrons. The van der Waals surface area contributed by atoms with Crippen molar-refractivity contribution in [3.05, 3.63) is 57.3 Å². The lowest BCUT2D eigenvalue weighted by Gasteiger charge is -2.23. The van der Waals surface area contributed by atoms with Crippen LogP contribution in [-0.2, 0) is 22.4 Å².